The van der Waals surface area contributed by atoms with Gasteiger partial charge in [-0.25, -0.2) is 0 Å². The standard InChI is InChI=1S/C8H9ClN2O/c1-5-6(4-10)8(11-12)3-2-7(5)9/h2-3H,4,10H2,1H3. The molecule has 0 fully saturated rings. The van der Waals surface area contributed by atoms with Gasteiger partial charge in [-0.15, -0.1) is 4.91 Å². The highest BCUT2D eigenvalue weighted by Gasteiger charge is 2.07. The zero-order valence-electron chi connectivity index (χ0n) is 6.67. The Morgan fingerprint density at radius 1 is 1.58 bits per heavy atom. The summed E-state index contributed by atoms with van der Waals surface area (Å²) in [6.45, 7) is 2.10. The minimum atomic E-state index is 0.285. The summed E-state index contributed by atoms with van der Waals surface area (Å²) >= 11 is 5.82. The van der Waals surface area contributed by atoms with E-state index in [-0.39, 0.29) is 6.54 Å². The van der Waals surface area contributed by atoms with Gasteiger partial charge in [-0.2, -0.15) is 0 Å². The summed E-state index contributed by atoms with van der Waals surface area (Å²) < 4.78 is 0. The molecule has 0 bridgehead atoms. The average molecular weight is 185 g/mol. The highest BCUT2D eigenvalue weighted by atomic mass is 35.5. The average Bonchev–Trinajstić information content (AvgIpc) is 2.09. The molecule has 12 heavy (non-hydrogen) atoms. The van der Waals surface area contributed by atoms with Crippen molar-refractivity contribution in [2.24, 2.45) is 10.9 Å². The van der Waals surface area contributed by atoms with Gasteiger partial charge in [0.15, 0.2) is 0 Å². The highest BCUT2D eigenvalue weighted by Crippen LogP contribution is 2.27. The van der Waals surface area contributed by atoms with Gasteiger partial charge >= 0.3 is 0 Å². The first-order valence-corrected chi connectivity index (χ1v) is 3.90. The maximum Gasteiger partial charge on any atom is 0.112 e. The van der Waals surface area contributed by atoms with E-state index in [1.165, 1.54) is 0 Å². The van der Waals surface area contributed by atoms with Crippen LogP contribution in [0.4, 0.5) is 5.69 Å². The molecule has 4 heteroatoms. The van der Waals surface area contributed by atoms with Crippen molar-refractivity contribution in [3.8, 4) is 0 Å². The van der Waals surface area contributed by atoms with E-state index in [9.17, 15) is 4.91 Å². The predicted octanol–water partition coefficient (Wildman–Crippen LogP) is 2.51. The van der Waals surface area contributed by atoms with Gasteiger partial charge in [0.1, 0.15) is 5.69 Å². The number of rotatable bonds is 2. The van der Waals surface area contributed by atoms with E-state index in [0.717, 1.165) is 11.1 Å². The fraction of sp³-hybridized carbons (Fsp3) is 0.250. The number of nitrogens with two attached hydrogens (primary N) is 1. The Labute approximate surface area is 75.5 Å². The molecule has 0 aliphatic carbocycles. The SMILES string of the molecule is Cc1c(Cl)ccc(N=O)c1CN. The zero-order chi connectivity index (χ0) is 9.14. The van der Waals surface area contributed by atoms with Crippen molar-refractivity contribution in [1.29, 1.82) is 0 Å². The van der Waals surface area contributed by atoms with Crippen LogP contribution in [0.1, 0.15) is 11.1 Å². The van der Waals surface area contributed by atoms with Gasteiger partial charge in [0.2, 0.25) is 0 Å². The molecule has 1 aromatic carbocycles. The number of hydrogen-bond acceptors (Lipinski definition) is 3. The van der Waals surface area contributed by atoms with E-state index in [4.69, 9.17) is 17.3 Å². The van der Waals surface area contributed by atoms with Crippen LogP contribution >= 0.6 is 11.6 Å². The lowest BCUT2D eigenvalue weighted by atomic mass is 10.1. The van der Waals surface area contributed by atoms with Gasteiger partial charge in [-0.3, -0.25) is 0 Å². The second kappa shape index (κ2) is 3.65. The number of nitrogens with zero attached hydrogens (tertiary/aromatic N) is 1. The third-order valence-electron chi connectivity index (χ3n) is 1.81. The van der Waals surface area contributed by atoms with Crippen molar-refractivity contribution < 1.29 is 0 Å². The van der Waals surface area contributed by atoms with Gasteiger partial charge in [-0.1, -0.05) is 11.6 Å². The summed E-state index contributed by atoms with van der Waals surface area (Å²) in [5, 5.41) is 3.47. The molecule has 1 rings (SSSR count). The lowest BCUT2D eigenvalue weighted by Gasteiger charge is -2.05. The van der Waals surface area contributed by atoms with Crippen LogP contribution in [0.2, 0.25) is 5.02 Å². The monoisotopic (exact) mass is 184 g/mol. The van der Waals surface area contributed by atoms with Crippen LogP contribution in [0.5, 0.6) is 0 Å². The van der Waals surface area contributed by atoms with Gasteiger partial charge < -0.3 is 5.73 Å². The number of halogens is 1. The summed E-state index contributed by atoms with van der Waals surface area (Å²) in [6, 6.07) is 3.22. The van der Waals surface area contributed by atoms with E-state index < -0.39 is 0 Å². The van der Waals surface area contributed by atoms with E-state index in [2.05, 4.69) is 5.18 Å². The van der Waals surface area contributed by atoms with Crippen molar-refractivity contribution in [1.82, 2.24) is 0 Å². The third-order valence-corrected chi connectivity index (χ3v) is 2.22. The molecule has 2 N–H and O–H groups in total. The molecule has 0 aliphatic heterocycles. The van der Waals surface area contributed by atoms with E-state index in [1.54, 1.807) is 12.1 Å². The lowest BCUT2D eigenvalue weighted by Crippen LogP contribution is -1.99. The van der Waals surface area contributed by atoms with Crippen molar-refractivity contribution in [3.63, 3.8) is 0 Å². The Kier molecular flexibility index (Phi) is 2.78. The molecule has 0 aromatic heterocycles. The summed E-state index contributed by atoms with van der Waals surface area (Å²) in [7, 11) is 0. The van der Waals surface area contributed by atoms with E-state index >= 15 is 0 Å². The molecule has 0 saturated heterocycles. The Balaban J connectivity index is 3.35. The zero-order valence-corrected chi connectivity index (χ0v) is 7.43. The van der Waals surface area contributed by atoms with E-state index in [1.807, 2.05) is 6.92 Å². The van der Waals surface area contributed by atoms with Gasteiger partial charge in [-0.05, 0) is 35.4 Å². The molecular formula is C8H9ClN2O. The Morgan fingerprint density at radius 2 is 2.25 bits per heavy atom. The first-order valence-electron chi connectivity index (χ1n) is 3.52. The van der Waals surface area contributed by atoms with Crippen LogP contribution < -0.4 is 5.73 Å². The Hall–Kier alpha value is -0.930. The lowest BCUT2D eigenvalue weighted by molar-refractivity contribution is 1.05. The molecule has 0 saturated carbocycles. The molecule has 64 valence electrons. The summed E-state index contributed by atoms with van der Waals surface area (Å²) in [5.41, 5.74) is 7.36. The quantitative estimate of drug-likeness (QED) is 0.718. The molecule has 0 unspecified atom stereocenters. The minimum Gasteiger partial charge on any atom is -0.326 e. The molecule has 0 aliphatic rings. The summed E-state index contributed by atoms with van der Waals surface area (Å²) in [6.07, 6.45) is 0. The number of benzene rings is 1. The second-order valence-corrected chi connectivity index (χ2v) is 2.87. The van der Waals surface area contributed by atoms with Crippen molar-refractivity contribution in [3.05, 3.63) is 33.2 Å². The Morgan fingerprint density at radius 3 is 2.75 bits per heavy atom. The van der Waals surface area contributed by atoms with Gasteiger partial charge in [0, 0.05) is 11.6 Å². The number of nitroso groups, excluding NO2 is 1. The molecule has 1 aromatic rings. The summed E-state index contributed by atoms with van der Waals surface area (Å²) in [4.78, 5) is 10.3. The topological polar surface area (TPSA) is 55.5 Å². The van der Waals surface area contributed by atoms with Crippen LogP contribution in [0.3, 0.4) is 0 Å². The minimum absolute atomic E-state index is 0.285. The Bertz CT molecular complexity index is 312. The molecule has 0 heterocycles. The van der Waals surface area contributed by atoms with Gasteiger partial charge in [0.05, 0.1) is 0 Å². The molecule has 0 spiro atoms. The maximum absolute atomic E-state index is 10.3. The van der Waals surface area contributed by atoms with Crippen LogP contribution in [0.25, 0.3) is 0 Å². The van der Waals surface area contributed by atoms with E-state index in [0.29, 0.717) is 10.7 Å². The predicted molar refractivity (Wildman–Crippen MR) is 49.5 cm³/mol. The molecular weight excluding hydrogens is 176 g/mol. The van der Waals surface area contributed by atoms with Crippen molar-refractivity contribution in [2.75, 3.05) is 0 Å². The fourth-order valence-corrected chi connectivity index (χ4v) is 1.23. The van der Waals surface area contributed by atoms with Crippen LogP contribution in [-0.2, 0) is 6.54 Å². The molecule has 0 radical (unpaired) electrons. The first kappa shape index (κ1) is 9.16. The second-order valence-electron chi connectivity index (χ2n) is 2.47. The fourth-order valence-electron chi connectivity index (χ4n) is 1.06. The van der Waals surface area contributed by atoms with Crippen molar-refractivity contribution in [2.45, 2.75) is 13.5 Å². The highest BCUT2D eigenvalue weighted by molar-refractivity contribution is 6.31. The van der Waals surface area contributed by atoms with Crippen LogP contribution in [-0.4, -0.2) is 0 Å². The maximum atomic E-state index is 10.3. The molecule has 3 nitrogen and oxygen atoms in total. The normalized spacial score (nSPS) is 9.92. The van der Waals surface area contributed by atoms with Gasteiger partial charge in [0.25, 0.3) is 0 Å². The number of hydrogen-bond donors (Lipinski definition) is 1. The largest absolute Gasteiger partial charge is 0.326 e. The third kappa shape index (κ3) is 1.47. The van der Waals surface area contributed by atoms with Crippen molar-refractivity contribution >= 4 is 17.3 Å². The first-order chi connectivity index (χ1) is 5.70. The van der Waals surface area contributed by atoms with Crippen LogP contribution in [0, 0.1) is 11.8 Å². The molecule has 0 atom stereocenters. The smallest absolute Gasteiger partial charge is 0.112 e. The molecule has 0 amide bonds. The van der Waals surface area contributed by atoms with Crippen LogP contribution in [0.15, 0.2) is 17.3 Å². The summed E-state index contributed by atoms with van der Waals surface area (Å²) in [5.74, 6) is 0.